The van der Waals surface area contributed by atoms with E-state index in [1.165, 1.54) is 13.8 Å². The minimum absolute atomic E-state index is 0.0268. The van der Waals surface area contributed by atoms with Crippen molar-refractivity contribution in [2.45, 2.75) is 52.3 Å². The molecule has 4 N–H and O–H groups in total. The van der Waals surface area contributed by atoms with Gasteiger partial charge in [0.05, 0.1) is 0 Å². The summed E-state index contributed by atoms with van der Waals surface area (Å²) in [4.78, 5) is 22.8. The van der Waals surface area contributed by atoms with Crippen LogP contribution in [0.3, 0.4) is 0 Å². The van der Waals surface area contributed by atoms with Gasteiger partial charge in [0.1, 0.15) is 24.3 Å². The second-order valence-corrected chi connectivity index (χ2v) is 5.07. The van der Waals surface area contributed by atoms with E-state index in [9.17, 15) is 9.59 Å². The Balaban J connectivity index is 4.63. The van der Waals surface area contributed by atoms with Crippen LogP contribution >= 0.6 is 0 Å². The van der Waals surface area contributed by atoms with E-state index in [2.05, 4.69) is 0 Å². The van der Waals surface area contributed by atoms with Gasteiger partial charge in [-0.05, 0) is 26.7 Å². The lowest BCUT2D eigenvalue weighted by Crippen LogP contribution is -2.46. The number of carbonyl (C=O) groups is 2. The van der Waals surface area contributed by atoms with E-state index in [0.717, 1.165) is 0 Å². The van der Waals surface area contributed by atoms with Crippen molar-refractivity contribution < 1.29 is 19.1 Å². The molecule has 0 aliphatic rings. The van der Waals surface area contributed by atoms with E-state index in [-0.39, 0.29) is 12.5 Å². The van der Waals surface area contributed by atoms with Crippen molar-refractivity contribution in [2.75, 3.05) is 6.61 Å². The molecule has 18 heavy (non-hydrogen) atoms. The minimum atomic E-state index is -0.907. The molecule has 106 valence electrons. The molecular formula is C12H24N2O4. The molecule has 0 saturated carbocycles. The van der Waals surface area contributed by atoms with E-state index in [1.54, 1.807) is 6.92 Å². The lowest BCUT2D eigenvalue weighted by molar-refractivity contribution is -0.177. The van der Waals surface area contributed by atoms with Gasteiger partial charge in [-0.1, -0.05) is 13.8 Å². The predicted octanol–water partition coefficient (Wildman–Crippen LogP) is 0.182. The predicted molar refractivity (Wildman–Crippen MR) is 67.6 cm³/mol. The van der Waals surface area contributed by atoms with Crippen LogP contribution in [-0.2, 0) is 19.1 Å². The van der Waals surface area contributed by atoms with Crippen LogP contribution in [0.4, 0.5) is 0 Å². The molecule has 6 nitrogen and oxygen atoms in total. The Labute approximate surface area is 108 Å². The average Bonchev–Trinajstić information content (AvgIpc) is 2.25. The Kier molecular flexibility index (Phi) is 6.28. The van der Waals surface area contributed by atoms with Gasteiger partial charge in [-0.2, -0.15) is 0 Å². The third kappa shape index (κ3) is 5.01. The van der Waals surface area contributed by atoms with Crippen molar-refractivity contribution in [3.63, 3.8) is 0 Å². The first kappa shape index (κ1) is 16.9. The van der Waals surface area contributed by atoms with Crippen LogP contribution in [0.5, 0.6) is 0 Å². The van der Waals surface area contributed by atoms with Crippen LogP contribution in [-0.4, -0.2) is 36.2 Å². The number of esters is 2. The number of hydrogen-bond donors (Lipinski definition) is 2. The summed E-state index contributed by atoms with van der Waals surface area (Å²) in [5, 5.41) is 0. The Hall–Kier alpha value is -1.14. The second kappa shape index (κ2) is 6.70. The van der Waals surface area contributed by atoms with Crippen LogP contribution in [0, 0.1) is 5.92 Å². The minimum Gasteiger partial charge on any atom is -0.460 e. The highest BCUT2D eigenvalue weighted by Crippen LogP contribution is 2.22. The van der Waals surface area contributed by atoms with Crippen molar-refractivity contribution in [1.82, 2.24) is 0 Å². The monoisotopic (exact) mass is 260 g/mol. The van der Waals surface area contributed by atoms with Crippen LogP contribution < -0.4 is 11.5 Å². The number of carbonyl (C=O) groups excluding carboxylic acids is 2. The Morgan fingerprint density at radius 3 is 1.83 bits per heavy atom. The molecule has 0 saturated heterocycles. The van der Waals surface area contributed by atoms with Gasteiger partial charge < -0.3 is 20.9 Å². The van der Waals surface area contributed by atoms with E-state index in [1.807, 2.05) is 13.8 Å². The van der Waals surface area contributed by atoms with Gasteiger partial charge in [-0.25, -0.2) is 0 Å². The lowest BCUT2D eigenvalue weighted by atomic mass is 9.93. The van der Waals surface area contributed by atoms with Gasteiger partial charge in [0, 0.05) is 0 Å². The maximum atomic E-state index is 11.5. The maximum absolute atomic E-state index is 11.5. The Morgan fingerprint density at radius 1 is 1.06 bits per heavy atom. The first-order valence-corrected chi connectivity index (χ1v) is 6.00. The van der Waals surface area contributed by atoms with Gasteiger partial charge in [-0.15, -0.1) is 0 Å². The third-order valence-corrected chi connectivity index (χ3v) is 2.80. The molecule has 0 radical (unpaired) electrons. The Morgan fingerprint density at radius 2 is 1.50 bits per heavy atom. The lowest BCUT2D eigenvalue weighted by Gasteiger charge is -2.33. The Bertz CT molecular complexity index is 302. The van der Waals surface area contributed by atoms with E-state index < -0.39 is 29.6 Å². The highest BCUT2D eigenvalue weighted by atomic mass is 16.6. The maximum Gasteiger partial charge on any atom is 0.323 e. The van der Waals surface area contributed by atoms with Gasteiger partial charge in [0.2, 0.25) is 0 Å². The second-order valence-electron chi connectivity index (χ2n) is 5.07. The van der Waals surface area contributed by atoms with Crippen LogP contribution in [0.15, 0.2) is 0 Å². The highest BCUT2D eigenvalue weighted by Gasteiger charge is 2.35. The number of hydrogen-bond acceptors (Lipinski definition) is 6. The number of nitrogens with two attached hydrogens (primary N) is 2. The van der Waals surface area contributed by atoms with Crippen molar-refractivity contribution in [3.05, 3.63) is 0 Å². The molecule has 0 rings (SSSR count). The molecule has 0 aliphatic carbocycles. The fraction of sp³-hybridized carbons (Fsp3) is 0.833. The molecule has 0 amide bonds. The molecule has 0 aromatic heterocycles. The van der Waals surface area contributed by atoms with Crippen molar-refractivity contribution in [2.24, 2.45) is 17.4 Å². The number of rotatable bonds is 6. The smallest absolute Gasteiger partial charge is 0.323 e. The fourth-order valence-corrected chi connectivity index (χ4v) is 0.983. The van der Waals surface area contributed by atoms with E-state index >= 15 is 0 Å². The van der Waals surface area contributed by atoms with Crippen molar-refractivity contribution in [3.8, 4) is 0 Å². The molecule has 0 heterocycles. The third-order valence-electron chi connectivity index (χ3n) is 2.80. The molecule has 1 unspecified atom stereocenters. The quantitative estimate of drug-likeness (QED) is 0.660. The molecule has 3 atom stereocenters. The summed E-state index contributed by atoms with van der Waals surface area (Å²) in [6, 6.07) is -1.42. The zero-order chi connectivity index (χ0) is 14.5. The first-order chi connectivity index (χ1) is 8.10. The van der Waals surface area contributed by atoms with E-state index in [4.69, 9.17) is 20.9 Å². The van der Waals surface area contributed by atoms with Crippen molar-refractivity contribution in [1.29, 1.82) is 0 Å². The zero-order valence-electron chi connectivity index (χ0n) is 11.7. The molecule has 0 aromatic rings. The van der Waals surface area contributed by atoms with Crippen LogP contribution in [0.1, 0.15) is 34.6 Å². The van der Waals surface area contributed by atoms with Gasteiger partial charge in [-0.3, -0.25) is 9.59 Å². The SMILES string of the molecule is CC(C)C(C)(COC(=O)[C@H](C)N)OC(=O)[C@H](C)N. The molecule has 6 heteroatoms. The molecule has 0 aromatic carbocycles. The summed E-state index contributed by atoms with van der Waals surface area (Å²) < 4.78 is 10.3. The first-order valence-electron chi connectivity index (χ1n) is 6.00. The fourth-order valence-electron chi connectivity index (χ4n) is 0.983. The van der Waals surface area contributed by atoms with Gasteiger partial charge in [0.15, 0.2) is 0 Å². The summed E-state index contributed by atoms with van der Waals surface area (Å²) in [5.41, 5.74) is 9.93. The normalized spacial score (nSPS) is 17.8. The largest absolute Gasteiger partial charge is 0.460 e. The molecule has 0 spiro atoms. The van der Waals surface area contributed by atoms with E-state index in [0.29, 0.717) is 0 Å². The van der Waals surface area contributed by atoms with Crippen LogP contribution in [0.25, 0.3) is 0 Å². The zero-order valence-corrected chi connectivity index (χ0v) is 11.7. The summed E-state index contributed by atoms with van der Waals surface area (Å²) in [5.74, 6) is -1.08. The van der Waals surface area contributed by atoms with Crippen molar-refractivity contribution >= 4 is 11.9 Å². The number of ether oxygens (including phenoxy) is 2. The average molecular weight is 260 g/mol. The summed E-state index contributed by atoms with van der Waals surface area (Å²) in [6.07, 6.45) is 0. The summed E-state index contributed by atoms with van der Waals surface area (Å²) in [6.45, 7) is 8.47. The molecule has 0 aliphatic heterocycles. The van der Waals surface area contributed by atoms with Crippen LogP contribution in [0.2, 0.25) is 0 Å². The van der Waals surface area contributed by atoms with Gasteiger partial charge >= 0.3 is 11.9 Å². The molecular weight excluding hydrogens is 236 g/mol. The summed E-state index contributed by atoms with van der Waals surface area (Å²) in [7, 11) is 0. The standard InChI is InChI=1S/C12H24N2O4/c1-7(2)12(5,18-11(16)9(4)14)6-17-10(15)8(3)13/h7-9H,6,13-14H2,1-5H3/t8-,9-,12?/m0/s1. The van der Waals surface area contributed by atoms with Gasteiger partial charge in [0.25, 0.3) is 0 Å². The topological polar surface area (TPSA) is 105 Å². The molecule has 0 fully saturated rings. The summed E-state index contributed by atoms with van der Waals surface area (Å²) >= 11 is 0. The molecule has 0 bridgehead atoms. The highest BCUT2D eigenvalue weighted by molar-refractivity contribution is 5.76.